The standard InChI is InChI=1S/C18H30N4O2/c1-18(2,3)24-17(23)22-11-7-9-15(13-22)20-16-14(12-21(4)5)8-6-10-19-16/h6,8,10,15H,7,9,11-13H2,1-5H3,(H,19,20)/t15-/m1/s1. The van der Waals surface area contributed by atoms with Crippen molar-refractivity contribution >= 4 is 11.9 Å². The highest BCUT2D eigenvalue weighted by Gasteiger charge is 2.28. The normalized spacial score (nSPS) is 18.6. The van der Waals surface area contributed by atoms with Crippen molar-refractivity contribution in [3.8, 4) is 0 Å². The first kappa shape index (κ1) is 18.5. The molecule has 1 saturated heterocycles. The lowest BCUT2D eigenvalue weighted by molar-refractivity contribution is 0.0206. The predicted molar refractivity (Wildman–Crippen MR) is 96.1 cm³/mol. The van der Waals surface area contributed by atoms with Gasteiger partial charge in [-0.15, -0.1) is 0 Å². The molecule has 1 N–H and O–H groups in total. The molecule has 24 heavy (non-hydrogen) atoms. The van der Waals surface area contributed by atoms with E-state index >= 15 is 0 Å². The first-order valence-electron chi connectivity index (χ1n) is 8.57. The van der Waals surface area contributed by atoms with E-state index in [2.05, 4.69) is 21.3 Å². The molecule has 1 aromatic heterocycles. The molecule has 0 unspecified atom stereocenters. The van der Waals surface area contributed by atoms with Crippen LogP contribution in [0.4, 0.5) is 10.6 Å². The Morgan fingerprint density at radius 1 is 1.46 bits per heavy atom. The van der Waals surface area contributed by atoms with E-state index in [0.717, 1.165) is 37.3 Å². The van der Waals surface area contributed by atoms with Gasteiger partial charge >= 0.3 is 6.09 Å². The molecule has 1 aliphatic rings. The number of likely N-dealkylation sites (tertiary alicyclic amines) is 1. The number of amides is 1. The van der Waals surface area contributed by atoms with Crippen LogP contribution in [0, 0.1) is 0 Å². The molecule has 0 aromatic carbocycles. The lowest BCUT2D eigenvalue weighted by atomic mass is 10.1. The van der Waals surface area contributed by atoms with Crippen molar-refractivity contribution in [2.24, 2.45) is 0 Å². The number of nitrogens with one attached hydrogen (secondary N) is 1. The zero-order valence-electron chi connectivity index (χ0n) is 15.5. The number of hydrogen-bond donors (Lipinski definition) is 1. The smallest absolute Gasteiger partial charge is 0.410 e. The van der Waals surface area contributed by atoms with Crippen molar-refractivity contribution < 1.29 is 9.53 Å². The zero-order valence-corrected chi connectivity index (χ0v) is 15.5. The van der Waals surface area contributed by atoms with E-state index in [0.29, 0.717) is 6.54 Å². The van der Waals surface area contributed by atoms with E-state index in [1.54, 1.807) is 11.1 Å². The highest BCUT2D eigenvalue weighted by atomic mass is 16.6. The van der Waals surface area contributed by atoms with Gasteiger partial charge in [0.2, 0.25) is 0 Å². The Morgan fingerprint density at radius 3 is 2.88 bits per heavy atom. The lowest BCUT2D eigenvalue weighted by Gasteiger charge is -2.35. The van der Waals surface area contributed by atoms with Gasteiger partial charge in [-0.2, -0.15) is 0 Å². The molecule has 134 valence electrons. The minimum atomic E-state index is -0.461. The van der Waals surface area contributed by atoms with E-state index in [-0.39, 0.29) is 12.1 Å². The maximum atomic E-state index is 12.3. The monoisotopic (exact) mass is 334 g/mol. The minimum absolute atomic E-state index is 0.196. The van der Waals surface area contributed by atoms with Crippen molar-refractivity contribution in [1.29, 1.82) is 0 Å². The lowest BCUT2D eigenvalue weighted by Crippen LogP contribution is -2.47. The van der Waals surface area contributed by atoms with Gasteiger partial charge in [0.15, 0.2) is 0 Å². The molecule has 0 radical (unpaired) electrons. The summed E-state index contributed by atoms with van der Waals surface area (Å²) >= 11 is 0. The molecule has 2 heterocycles. The van der Waals surface area contributed by atoms with Crippen LogP contribution < -0.4 is 5.32 Å². The number of piperidine rings is 1. The van der Waals surface area contributed by atoms with Gasteiger partial charge in [-0.3, -0.25) is 0 Å². The van der Waals surface area contributed by atoms with Crippen molar-refractivity contribution in [3.63, 3.8) is 0 Å². The average Bonchev–Trinajstić information content (AvgIpc) is 2.47. The molecule has 6 nitrogen and oxygen atoms in total. The van der Waals surface area contributed by atoms with Crippen LogP contribution in [0.3, 0.4) is 0 Å². The van der Waals surface area contributed by atoms with Crippen LogP contribution in [0.15, 0.2) is 18.3 Å². The molecule has 1 aromatic rings. The summed E-state index contributed by atoms with van der Waals surface area (Å²) in [4.78, 5) is 20.7. The molecule has 1 fully saturated rings. The Morgan fingerprint density at radius 2 is 2.21 bits per heavy atom. The van der Waals surface area contributed by atoms with Crippen LogP contribution in [0.25, 0.3) is 0 Å². The number of carbonyl (C=O) groups is 1. The molecule has 2 rings (SSSR count). The SMILES string of the molecule is CN(C)Cc1cccnc1N[C@@H]1CCCN(C(=O)OC(C)(C)C)C1. The fraction of sp³-hybridized carbons (Fsp3) is 0.667. The molecular weight excluding hydrogens is 304 g/mol. The first-order chi connectivity index (χ1) is 11.2. The summed E-state index contributed by atoms with van der Waals surface area (Å²) in [6.45, 7) is 7.91. The van der Waals surface area contributed by atoms with Gasteiger partial charge in [-0.1, -0.05) is 6.07 Å². The Hall–Kier alpha value is -1.82. The summed E-state index contributed by atoms with van der Waals surface area (Å²) in [6.07, 6.45) is 3.56. The molecule has 1 aliphatic heterocycles. The summed E-state index contributed by atoms with van der Waals surface area (Å²) in [5.41, 5.74) is 0.703. The Balaban J connectivity index is 1.99. The third kappa shape index (κ3) is 5.67. The number of nitrogens with zero attached hydrogens (tertiary/aromatic N) is 3. The summed E-state index contributed by atoms with van der Waals surface area (Å²) < 4.78 is 5.49. The predicted octanol–water partition coefficient (Wildman–Crippen LogP) is 2.95. The van der Waals surface area contributed by atoms with E-state index < -0.39 is 5.60 Å². The molecule has 1 atom stereocenters. The Kier molecular flexibility index (Phi) is 6.04. The van der Waals surface area contributed by atoms with Crippen LogP contribution >= 0.6 is 0 Å². The quantitative estimate of drug-likeness (QED) is 0.917. The number of hydrogen-bond acceptors (Lipinski definition) is 5. The fourth-order valence-electron chi connectivity index (χ4n) is 2.82. The number of aromatic nitrogens is 1. The van der Waals surface area contributed by atoms with Crippen LogP contribution in [0.1, 0.15) is 39.2 Å². The summed E-state index contributed by atoms with van der Waals surface area (Å²) in [5, 5.41) is 3.52. The van der Waals surface area contributed by atoms with Crippen LogP contribution in [-0.2, 0) is 11.3 Å². The second-order valence-corrected chi connectivity index (χ2v) is 7.66. The molecule has 0 saturated carbocycles. The highest BCUT2D eigenvalue weighted by molar-refractivity contribution is 5.68. The van der Waals surface area contributed by atoms with Gasteiger partial charge in [0.05, 0.1) is 0 Å². The minimum Gasteiger partial charge on any atom is -0.444 e. The molecular formula is C18H30N4O2. The summed E-state index contributed by atoms with van der Waals surface area (Å²) in [7, 11) is 4.09. The van der Waals surface area contributed by atoms with Gasteiger partial charge in [-0.05, 0) is 53.8 Å². The second kappa shape index (κ2) is 7.83. The largest absolute Gasteiger partial charge is 0.444 e. The van der Waals surface area contributed by atoms with Gasteiger partial charge in [-0.25, -0.2) is 9.78 Å². The molecule has 6 heteroatoms. The van der Waals surface area contributed by atoms with Gasteiger partial charge < -0.3 is 19.9 Å². The van der Waals surface area contributed by atoms with Crippen molar-refractivity contribution in [2.75, 3.05) is 32.5 Å². The third-order valence-electron chi connectivity index (χ3n) is 3.79. The van der Waals surface area contributed by atoms with E-state index in [4.69, 9.17) is 4.74 Å². The molecule has 0 spiro atoms. The number of rotatable bonds is 4. The topological polar surface area (TPSA) is 57.7 Å². The van der Waals surface area contributed by atoms with E-state index in [1.165, 1.54) is 0 Å². The van der Waals surface area contributed by atoms with Crippen LogP contribution in [-0.4, -0.2) is 59.7 Å². The maximum Gasteiger partial charge on any atom is 0.410 e. The molecule has 1 amide bonds. The van der Waals surface area contributed by atoms with E-state index in [9.17, 15) is 4.79 Å². The van der Waals surface area contributed by atoms with Crippen LogP contribution in [0.2, 0.25) is 0 Å². The highest BCUT2D eigenvalue weighted by Crippen LogP contribution is 2.20. The van der Waals surface area contributed by atoms with Gasteiger partial charge in [0, 0.05) is 37.4 Å². The molecule has 0 aliphatic carbocycles. The fourth-order valence-corrected chi connectivity index (χ4v) is 2.82. The summed E-state index contributed by atoms with van der Waals surface area (Å²) in [6, 6.07) is 4.24. The summed E-state index contributed by atoms with van der Waals surface area (Å²) in [5.74, 6) is 0.905. The molecule has 0 bridgehead atoms. The van der Waals surface area contributed by atoms with Crippen molar-refractivity contribution in [3.05, 3.63) is 23.9 Å². The van der Waals surface area contributed by atoms with Crippen molar-refractivity contribution in [1.82, 2.24) is 14.8 Å². The zero-order chi connectivity index (χ0) is 17.7. The Bertz CT molecular complexity index is 554. The average molecular weight is 334 g/mol. The maximum absolute atomic E-state index is 12.3. The number of ether oxygens (including phenoxy) is 1. The van der Waals surface area contributed by atoms with Crippen LogP contribution in [0.5, 0.6) is 0 Å². The number of anilines is 1. The third-order valence-corrected chi connectivity index (χ3v) is 3.79. The van der Waals surface area contributed by atoms with Gasteiger partial charge in [0.25, 0.3) is 0 Å². The van der Waals surface area contributed by atoms with Crippen molar-refractivity contribution in [2.45, 2.75) is 51.8 Å². The van der Waals surface area contributed by atoms with Gasteiger partial charge in [0.1, 0.15) is 11.4 Å². The first-order valence-corrected chi connectivity index (χ1v) is 8.57. The second-order valence-electron chi connectivity index (χ2n) is 7.66. The number of carbonyl (C=O) groups excluding carboxylic acids is 1. The van der Waals surface area contributed by atoms with E-state index in [1.807, 2.05) is 40.9 Å². The number of pyridine rings is 1. The Labute approximate surface area is 145 Å².